The third-order valence-electron chi connectivity index (χ3n) is 5.14. The second-order valence-electron chi connectivity index (χ2n) is 7.01. The van der Waals surface area contributed by atoms with Gasteiger partial charge in [0.25, 0.3) is 5.91 Å². The molecule has 0 bridgehead atoms. The summed E-state index contributed by atoms with van der Waals surface area (Å²) in [5.41, 5.74) is 4.59. The highest BCUT2D eigenvalue weighted by molar-refractivity contribution is 7.12. The number of hydrogen-bond donors (Lipinski definition) is 0. The maximum atomic E-state index is 13.2. The van der Waals surface area contributed by atoms with E-state index in [9.17, 15) is 4.79 Å². The molecule has 0 aliphatic carbocycles. The van der Waals surface area contributed by atoms with Crippen molar-refractivity contribution in [1.29, 1.82) is 0 Å². The van der Waals surface area contributed by atoms with Crippen LogP contribution < -0.4 is 4.90 Å². The van der Waals surface area contributed by atoms with Crippen molar-refractivity contribution in [3.63, 3.8) is 0 Å². The lowest BCUT2D eigenvalue weighted by atomic mass is 10.1. The van der Waals surface area contributed by atoms with Gasteiger partial charge in [0.2, 0.25) is 0 Å². The normalized spacial score (nSPS) is 13.7. The number of nitrogens with zero attached hydrogens (tertiary/aromatic N) is 2. The van der Waals surface area contributed by atoms with Crippen LogP contribution in [0.15, 0.2) is 66.0 Å². The highest BCUT2D eigenvalue weighted by Crippen LogP contribution is 2.30. The zero-order chi connectivity index (χ0) is 18.6. The lowest BCUT2D eigenvalue weighted by molar-refractivity contribution is 0.0791. The molecule has 1 saturated heterocycles. The monoisotopic (exact) mass is 376 g/mol. The number of anilines is 1. The van der Waals surface area contributed by atoms with Crippen LogP contribution in [-0.4, -0.2) is 30.9 Å². The van der Waals surface area contributed by atoms with E-state index in [1.165, 1.54) is 35.4 Å². The number of para-hydroxylation sites is 1. The molecule has 0 N–H and O–H groups in total. The molecule has 2 heterocycles. The van der Waals surface area contributed by atoms with Crippen molar-refractivity contribution in [2.75, 3.05) is 25.0 Å². The Bertz CT molecular complexity index is 913. The Kier molecular flexibility index (Phi) is 5.26. The van der Waals surface area contributed by atoms with Gasteiger partial charge in [-0.3, -0.25) is 4.79 Å². The van der Waals surface area contributed by atoms with Crippen molar-refractivity contribution >= 4 is 22.9 Å². The fourth-order valence-electron chi connectivity index (χ4n) is 3.73. The molecule has 27 heavy (non-hydrogen) atoms. The van der Waals surface area contributed by atoms with E-state index in [1.807, 2.05) is 41.6 Å². The number of hydrogen-bond acceptors (Lipinski definition) is 3. The number of carbonyl (C=O) groups excluding carboxylic acids is 1. The van der Waals surface area contributed by atoms with E-state index in [2.05, 4.69) is 41.3 Å². The molecule has 3 nitrogen and oxygen atoms in total. The number of amides is 1. The van der Waals surface area contributed by atoms with Gasteiger partial charge < -0.3 is 9.80 Å². The van der Waals surface area contributed by atoms with Gasteiger partial charge in [-0.15, -0.1) is 11.3 Å². The van der Waals surface area contributed by atoms with Gasteiger partial charge in [-0.1, -0.05) is 48.5 Å². The van der Waals surface area contributed by atoms with Crippen molar-refractivity contribution in [2.24, 2.45) is 0 Å². The molecule has 4 heteroatoms. The van der Waals surface area contributed by atoms with Gasteiger partial charge in [0.15, 0.2) is 0 Å². The molecule has 3 aromatic rings. The standard InChI is InChI=1S/C23H24N2OS/c1-24(17-19-11-5-6-12-21(19)25-14-7-8-15-25)23(26)22-20(13-16-27-22)18-9-3-2-4-10-18/h2-6,9-13,16H,7-8,14-15,17H2,1H3. The Morgan fingerprint density at radius 2 is 1.70 bits per heavy atom. The topological polar surface area (TPSA) is 23.6 Å². The van der Waals surface area contributed by atoms with Gasteiger partial charge in [-0.2, -0.15) is 0 Å². The average Bonchev–Trinajstić information content (AvgIpc) is 3.40. The molecule has 1 aliphatic heterocycles. The molecule has 0 radical (unpaired) electrons. The quantitative estimate of drug-likeness (QED) is 0.604. The SMILES string of the molecule is CN(Cc1ccccc1N1CCCC1)C(=O)c1sccc1-c1ccccc1. The van der Waals surface area contributed by atoms with Crippen molar-refractivity contribution in [1.82, 2.24) is 4.90 Å². The lowest BCUT2D eigenvalue weighted by Crippen LogP contribution is -2.27. The molecule has 0 saturated carbocycles. The zero-order valence-corrected chi connectivity index (χ0v) is 16.4. The third-order valence-corrected chi connectivity index (χ3v) is 6.04. The average molecular weight is 377 g/mol. The molecule has 1 amide bonds. The van der Waals surface area contributed by atoms with Crippen LogP contribution in [0, 0.1) is 0 Å². The molecular formula is C23H24N2OS. The fourth-order valence-corrected chi connectivity index (χ4v) is 4.64. The maximum Gasteiger partial charge on any atom is 0.264 e. The van der Waals surface area contributed by atoms with Crippen LogP contribution in [-0.2, 0) is 6.54 Å². The van der Waals surface area contributed by atoms with E-state index in [-0.39, 0.29) is 5.91 Å². The second-order valence-corrected chi connectivity index (χ2v) is 7.93. The van der Waals surface area contributed by atoms with Gasteiger partial charge >= 0.3 is 0 Å². The minimum absolute atomic E-state index is 0.0834. The Labute approximate surface area is 164 Å². The summed E-state index contributed by atoms with van der Waals surface area (Å²) in [5.74, 6) is 0.0834. The molecule has 1 aromatic heterocycles. The van der Waals surface area contributed by atoms with E-state index in [1.54, 1.807) is 0 Å². The summed E-state index contributed by atoms with van der Waals surface area (Å²) in [4.78, 5) is 18.2. The molecule has 0 unspecified atom stereocenters. The molecule has 4 rings (SSSR count). The van der Waals surface area contributed by atoms with Crippen molar-refractivity contribution in [3.05, 3.63) is 76.5 Å². The molecule has 0 spiro atoms. The summed E-state index contributed by atoms with van der Waals surface area (Å²) in [6.45, 7) is 2.84. The zero-order valence-electron chi connectivity index (χ0n) is 15.6. The summed E-state index contributed by atoms with van der Waals surface area (Å²) in [6, 6.07) is 20.7. The van der Waals surface area contributed by atoms with Gasteiger partial charge in [-0.25, -0.2) is 0 Å². The summed E-state index contributed by atoms with van der Waals surface area (Å²) in [6.07, 6.45) is 2.50. The first-order valence-corrected chi connectivity index (χ1v) is 10.3. The van der Waals surface area contributed by atoms with Crippen LogP contribution in [0.2, 0.25) is 0 Å². The summed E-state index contributed by atoms with van der Waals surface area (Å²) < 4.78 is 0. The highest BCUT2D eigenvalue weighted by atomic mass is 32.1. The summed E-state index contributed by atoms with van der Waals surface area (Å²) >= 11 is 1.52. The molecule has 1 fully saturated rings. The largest absolute Gasteiger partial charge is 0.371 e. The van der Waals surface area contributed by atoms with Gasteiger partial charge in [0.05, 0.1) is 4.88 Å². The van der Waals surface area contributed by atoms with E-state index >= 15 is 0 Å². The van der Waals surface area contributed by atoms with Crippen molar-refractivity contribution < 1.29 is 4.79 Å². The van der Waals surface area contributed by atoms with E-state index < -0.39 is 0 Å². The van der Waals surface area contributed by atoms with Crippen LogP contribution in [0.1, 0.15) is 28.1 Å². The summed E-state index contributed by atoms with van der Waals surface area (Å²) in [5, 5.41) is 2.00. The Morgan fingerprint density at radius 1 is 1.00 bits per heavy atom. The van der Waals surface area contributed by atoms with Crippen LogP contribution in [0.3, 0.4) is 0 Å². The molecular weight excluding hydrogens is 352 g/mol. The van der Waals surface area contributed by atoms with E-state index in [0.29, 0.717) is 6.54 Å². The van der Waals surface area contributed by atoms with Crippen LogP contribution in [0.4, 0.5) is 5.69 Å². The van der Waals surface area contributed by atoms with Gasteiger partial charge in [-0.05, 0) is 41.5 Å². The second kappa shape index (κ2) is 7.97. The lowest BCUT2D eigenvalue weighted by Gasteiger charge is -2.24. The first kappa shape index (κ1) is 17.8. The third kappa shape index (κ3) is 3.76. The fraction of sp³-hybridized carbons (Fsp3) is 0.261. The Hall–Kier alpha value is -2.59. The van der Waals surface area contributed by atoms with Crippen molar-refractivity contribution in [3.8, 4) is 11.1 Å². The van der Waals surface area contributed by atoms with Crippen molar-refractivity contribution in [2.45, 2.75) is 19.4 Å². The molecule has 138 valence electrons. The summed E-state index contributed by atoms with van der Waals surface area (Å²) in [7, 11) is 1.90. The van der Waals surface area contributed by atoms with Crippen LogP contribution >= 0.6 is 11.3 Å². The first-order chi connectivity index (χ1) is 13.2. The molecule has 2 aromatic carbocycles. The highest BCUT2D eigenvalue weighted by Gasteiger charge is 2.21. The van der Waals surface area contributed by atoms with Gasteiger partial charge in [0.1, 0.15) is 0 Å². The predicted molar refractivity (Wildman–Crippen MR) is 113 cm³/mol. The number of carbonyl (C=O) groups is 1. The maximum absolute atomic E-state index is 13.2. The molecule has 1 aliphatic rings. The minimum atomic E-state index is 0.0834. The molecule has 0 atom stereocenters. The minimum Gasteiger partial charge on any atom is -0.371 e. The number of benzene rings is 2. The van der Waals surface area contributed by atoms with Gasteiger partial charge in [0, 0.05) is 37.9 Å². The predicted octanol–water partition coefficient (Wildman–Crippen LogP) is 5.29. The Balaban J connectivity index is 1.56. The van der Waals surface area contributed by atoms with Crippen LogP contribution in [0.5, 0.6) is 0 Å². The smallest absolute Gasteiger partial charge is 0.264 e. The van der Waals surface area contributed by atoms with E-state index in [4.69, 9.17) is 0 Å². The van der Waals surface area contributed by atoms with E-state index in [0.717, 1.165) is 29.1 Å². The Morgan fingerprint density at radius 3 is 2.48 bits per heavy atom. The number of thiophene rings is 1. The first-order valence-electron chi connectivity index (χ1n) is 9.45. The number of rotatable bonds is 5. The van der Waals surface area contributed by atoms with Crippen LogP contribution in [0.25, 0.3) is 11.1 Å².